The van der Waals surface area contributed by atoms with Gasteiger partial charge in [0.15, 0.2) is 11.5 Å². The van der Waals surface area contributed by atoms with E-state index in [0.29, 0.717) is 24.3 Å². The summed E-state index contributed by atoms with van der Waals surface area (Å²) in [6.45, 7) is 0. The molecule has 0 unspecified atom stereocenters. The minimum Gasteiger partial charge on any atom is -0.505 e. The third kappa shape index (κ3) is 3.13. The number of alkyl halides is 6. The van der Waals surface area contributed by atoms with Gasteiger partial charge in [-0.1, -0.05) is 11.8 Å². The first-order valence-electron chi connectivity index (χ1n) is 7.55. The summed E-state index contributed by atoms with van der Waals surface area (Å²) < 4.78 is 84.9. The minimum absolute atomic E-state index is 0.315. The monoisotopic (exact) mass is 414 g/mol. The summed E-state index contributed by atoms with van der Waals surface area (Å²) in [4.78, 5) is 0. The minimum atomic E-state index is -5.98. The number of terminal acetylenes is 2. The molecule has 29 heavy (non-hydrogen) atoms. The van der Waals surface area contributed by atoms with Gasteiger partial charge in [0.25, 0.3) is 0 Å². The lowest BCUT2D eigenvalue weighted by Crippen LogP contribution is -2.55. The number of halogens is 6. The van der Waals surface area contributed by atoms with Gasteiger partial charge in [0.1, 0.15) is 0 Å². The van der Waals surface area contributed by atoms with Crippen LogP contribution < -0.4 is 11.5 Å². The fourth-order valence-electron chi connectivity index (χ4n) is 2.95. The van der Waals surface area contributed by atoms with Crippen molar-refractivity contribution in [2.24, 2.45) is 0 Å². The van der Waals surface area contributed by atoms with Crippen molar-refractivity contribution in [1.29, 1.82) is 0 Å². The Hall–Kier alpha value is -3.66. The molecule has 0 aliphatic heterocycles. The molecule has 0 fully saturated rings. The Morgan fingerprint density at radius 2 is 1.00 bits per heavy atom. The highest BCUT2D eigenvalue weighted by atomic mass is 19.4. The molecule has 0 saturated heterocycles. The number of hydrogen-bond donors (Lipinski definition) is 4. The topological polar surface area (TPSA) is 92.5 Å². The van der Waals surface area contributed by atoms with E-state index in [9.17, 15) is 36.6 Å². The first kappa shape index (κ1) is 21.6. The predicted molar refractivity (Wildman–Crippen MR) is 93.8 cm³/mol. The highest BCUT2D eigenvalue weighted by Crippen LogP contribution is 2.57. The summed E-state index contributed by atoms with van der Waals surface area (Å²) in [5.74, 6) is 1.88. The van der Waals surface area contributed by atoms with E-state index in [1.807, 2.05) is 0 Å². The third-order valence-corrected chi connectivity index (χ3v) is 4.31. The van der Waals surface area contributed by atoms with Crippen molar-refractivity contribution >= 4 is 11.4 Å². The Morgan fingerprint density at radius 3 is 1.24 bits per heavy atom. The summed E-state index contributed by atoms with van der Waals surface area (Å²) >= 11 is 0. The third-order valence-electron chi connectivity index (χ3n) is 4.31. The van der Waals surface area contributed by atoms with Crippen LogP contribution in [-0.2, 0) is 5.41 Å². The SMILES string of the molecule is C#Cc1cc(C(c2cc(N)c(O)c(C#C)c2)(C(F)(F)F)C(F)(F)F)cc(N)c1O. The Labute approximate surface area is 160 Å². The molecule has 2 aromatic rings. The van der Waals surface area contributed by atoms with Gasteiger partial charge in [-0.15, -0.1) is 12.8 Å². The average molecular weight is 414 g/mol. The first-order chi connectivity index (χ1) is 13.2. The molecular weight excluding hydrogens is 402 g/mol. The quantitative estimate of drug-likeness (QED) is 0.261. The van der Waals surface area contributed by atoms with Crippen LogP contribution in [0.4, 0.5) is 37.7 Å². The van der Waals surface area contributed by atoms with Crippen molar-refractivity contribution in [2.75, 3.05) is 11.5 Å². The maximum atomic E-state index is 14.1. The van der Waals surface area contributed by atoms with Crippen molar-refractivity contribution in [3.63, 3.8) is 0 Å². The average Bonchev–Trinajstić information content (AvgIpc) is 2.58. The number of benzene rings is 2. The van der Waals surface area contributed by atoms with Crippen LogP contribution in [0.1, 0.15) is 22.3 Å². The van der Waals surface area contributed by atoms with E-state index in [2.05, 4.69) is 0 Å². The Bertz CT molecular complexity index is 973. The number of rotatable bonds is 2. The van der Waals surface area contributed by atoms with Gasteiger partial charge < -0.3 is 21.7 Å². The molecule has 0 aromatic heterocycles. The molecule has 0 bridgehead atoms. The molecule has 0 radical (unpaired) electrons. The fraction of sp³-hybridized carbons (Fsp3) is 0.158. The van der Waals surface area contributed by atoms with Gasteiger partial charge in [-0.05, 0) is 35.4 Å². The van der Waals surface area contributed by atoms with Crippen molar-refractivity contribution in [1.82, 2.24) is 0 Å². The van der Waals surface area contributed by atoms with E-state index < -0.39 is 62.9 Å². The van der Waals surface area contributed by atoms with Crippen molar-refractivity contribution in [2.45, 2.75) is 17.8 Å². The summed E-state index contributed by atoms with van der Waals surface area (Å²) in [5.41, 5.74) is 0.353. The molecule has 0 heterocycles. The maximum absolute atomic E-state index is 14.1. The Balaban J connectivity index is 3.14. The van der Waals surface area contributed by atoms with Gasteiger partial charge in [0.2, 0.25) is 5.41 Å². The molecule has 0 atom stereocenters. The molecule has 152 valence electrons. The summed E-state index contributed by atoms with van der Waals surface area (Å²) in [6, 6.07) is 1.34. The summed E-state index contributed by atoms with van der Waals surface area (Å²) in [6.07, 6.45) is -1.81. The van der Waals surface area contributed by atoms with E-state index in [4.69, 9.17) is 24.3 Å². The standard InChI is InChI=1S/C19H12F6N2O2/c1-3-9-5-11(7-13(26)15(9)28)17(18(20,21)22,19(23,24)25)12-6-10(4-2)16(29)14(27)8-12/h1-2,5-8,28-29H,26-27H2. The molecule has 4 nitrogen and oxygen atoms in total. The van der Waals surface area contributed by atoms with Crippen LogP contribution in [0.5, 0.6) is 11.5 Å². The molecule has 0 spiro atoms. The molecule has 0 saturated carbocycles. The highest BCUT2D eigenvalue weighted by molar-refractivity contribution is 5.68. The van der Waals surface area contributed by atoms with E-state index in [1.165, 1.54) is 0 Å². The van der Waals surface area contributed by atoms with Gasteiger partial charge in [-0.25, -0.2) is 0 Å². The van der Waals surface area contributed by atoms with Crippen LogP contribution in [0.15, 0.2) is 24.3 Å². The van der Waals surface area contributed by atoms with Crippen molar-refractivity contribution in [3.8, 4) is 36.2 Å². The maximum Gasteiger partial charge on any atom is 0.411 e. The van der Waals surface area contributed by atoms with Gasteiger partial charge >= 0.3 is 12.4 Å². The van der Waals surface area contributed by atoms with Crippen LogP contribution in [0.3, 0.4) is 0 Å². The van der Waals surface area contributed by atoms with Crippen LogP contribution in [0, 0.1) is 24.7 Å². The van der Waals surface area contributed by atoms with Crippen molar-refractivity contribution in [3.05, 3.63) is 46.5 Å². The second-order valence-corrected chi connectivity index (χ2v) is 5.96. The molecule has 2 rings (SSSR count). The van der Waals surface area contributed by atoms with E-state index in [-0.39, 0.29) is 0 Å². The lowest BCUT2D eigenvalue weighted by Gasteiger charge is -2.38. The second kappa shape index (κ2) is 6.74. The van der Waals surface area contributed by atoms with Gasteiger partial charge in [-0.3, -0.25) is 0 Å². The lowest BCUT2D eigenvalue weighted by molar-refractivity contribution is -0.288. The number of nitrogens with two attached hydrogens (primary N) is 2. The fourth-order valence-corrected chi connectivity index (χ4v) is 2.95. The van der Waals surface area contributed by atoms with Crippen LogP contribution in [-0.4, -0.2) is 22.6 Å². The number of nitrogen functional groups attached to an aromatic ring is 2. The van der Waals surface area contributed by atoms with Crippen molar-refractivity contribution < 1.29 is 36.6 Å². The number of aromatic hydroxyl groups is 2. The van der Waals surface area contributed by atoms with Crippen LogP contribution in [0.2, 0.25) is 0 Å². The summed E-state index contributed by atoms with van der Waals surface area (Å²) in [5, 5.41) is 19.4. The smallest absolute Gasteiger partial charge is 0.411 e. The number of phenolic OH excluding ortho intramolecular Hbond substituents is 2. The zero-order valence-corrected chi connectivity index (χ0v) is 14.3. The van der Waals surface area contributed by atoms with Gasteiger partial charge in [0, 0.05) is 0 Å². The molecule has 2 aromatic carbocycles. The molecular formula is C19H12F6N2O2. The number of anilines is 2. The van der Waals surface area contributed by atoms with Crippen LogP contribution in [0.25, 0.3) is 0 Å². The largest absolute Gasteiger partial charge is 0.505 e. The molecule has 10 heteroatoms. The molecule has 0 aliphatic rings. The predicted octanol–water partition coefficient (Wildman–Crippen LogP) is 3.64. The molecule has 0 amide bonds. The van der Waals surface area contributed by atoms with Gasteiger partial charge in [0.05, 0.1) is 22.5 Å². The zero-order valence-electron chi connectivity index (χ0n) is 14.3. The first-order valence-corrected chi connectivity index (χ1v) is 7.55. The van der Waals surface area contributed by atoms with E-state index in [0.717, 1.165) is 0 Å². The normalized spacial score (nSPS) is 12.3. The van der Waals surface area contributed by atoms with E-state index in [1.54, 1.807) is 11.8 Å². The highest BCUT2D eigenvalue weighted by Gasteiger charge is 2.72. The zero-order chi connectivity index (χ0) is 22.4. The Kier molecular flexibility index (Phi) is 5.03. The summed E-state index contributed by atoms with van der Waals surface area (Å²) in [7, 11) is 0. The Morgan fingerprint density at radius 1 is 0.690 bits per heavy atom. The number of phenols is 2. The molecule has 0 aliphatic carbocycles. The lowest BCUT2D eigenvalue weighted by atomic mass is 9.71. The van der Waals surface area contributed by atoms with Gasteiger partial charge in [-0.2, -0.15) is 26.3 Å². The second-order valence-electron chi connectivity index (χ2n) is 5.96. The molecule has 6 N–H and O–H groups in total. The van der Waals surface area contributed by atoms with Crippen LogP contribution >= 0.6 is 0 Å². The number of hydrogen-bond acceptors (Lipinski definition) is 4. The van der Waals surface area contributed by atoms with E-state index >= 15 is 0 Å².